The van der Waals surface area contributed by atoms with E-state index >= 15 is 0 Å². The van der Waals surface area contributed by atoms with E-state index in [1.165, 1.54) is 23.3 Å². The molecule has 1 aromatic rings. The topological polar surface area (TPSA) is 101 Å². The third kappa shape index (κ3) is 3.35. The number of carbonyl (C=O) groups excluding carboxylic acids is 1. The zero-order chi connectivity index (χ0) is 18.4. The van der Waals surface area contributed by atoms with E-state index in [1.807, 2.05) is 24.3 Å². The average molecular weight is 367 g/mol. The number of hydrogen-bond acceptors (Lipinski definition) is 5. The summed E-state index contributed by atoms with van der Waals surface area (Å²) < 4.78 is 27.0. The molecule has 136 valence electrons. The number of aliphatic carboxylic acids is 1. The molecule has 0 spiro atoms. The zero-order valence-corrected chi connectivity index (χ0v) is 15.0. The summed E-state index contributed by atoms with van der Waals surface area (Å²) in [5.41, 5.74) is 1.90. The van der Waals surface area contributed by atoms with Crippen molar-refractivity contribution >= 4 is 27.6 Å². The molecule has 1 amide bonds. The maximum absolute atomic E-state index is 12.1. The highest BCUT2D eigenvalue weighted by atomic mass is 32.2. The predicted molar refractivity (Wildman–Crippen MR) is 91.5 cm³/mol. The monoisotopic (exact) mass is 367 g/mol. The highest BCUT2D eigenvalue weighted by Crippen LogP contribution is 2.40. The Morgan fingerprint density at radius 1 is 1.32 bits per heavy atom. The Balaban J connectivity index is 1.74. The van der Waals surface area contributed by atoms with E-state index < -0.39 is 32.8 Å². The summed E-state index contributed by atoms with van der Waals surface area (Å²) in [5, 5.41) is 9.33. The fourth-order valence-electron chi connectivity index (χ4n) is 3.01. The van der Waals surface area contributed by atoms with Gasteiger partial charge >= 0.3 is 12.1 Å². The van der Waals surface area contributed by atoms with Gasteiger partial charge in [-0.3, -0.25) is 9.69 Å². The number of nitrogens with zero attached hydrogens (tertiary/aromatic N) is 1. The van der Waals surface area contributed by atoms with Crippen molar-refractivity contribution in [2.45, 2.75) is 43.0 Å². The highest BCUT2D eigenvalue weighted by Gasteiger charge is 2.48. The quantitative estimate of drug-likeness (QED) is 0.827. The van der Waals surface area contributed by atoms with Crippen LogP contribution in [0.2, 0.25) is 0 Å². The standard InChI is InChI=1S/C17H21NO6S/c1-17(15(19)20,25(2,22)23)9-14-10-18(16(21)24-14)13-7-5-12(6-8-13)11-3-4-11/h5-8,11,14H,3-4,9-10H2,1-2H3,(H,19,20)/t14-,17?/m0/s1. The smallest absolute Gasteiger partial charge is 0.414 e. The number of benzene rings is 1. The van der Waals surface area contributed by atoms with Gasteiger partial charge in [-0.05, 0) is 43.4 Å². The number of anilines is 1. The Morgan fingerprint density at radius 3 is 2.40 bits per heavy atom. The summed E-state index contributed by atoms with van der Waals surface area (Å²) in [5.74, 6) is -0.836. The summed E-state index contributed by atoms with van der Waals surface area (Å²) in [7, 11) is -3.87. The number of carbonyl (C=O) groups is 2. The lowest BCUT2D eigenvalue weighted by molar-refractivity contribution is -0.140. The lowest BCUT2D eigenvalue weighted by Crippen LogP contribution is -2.46. The number of carboxylic acid groups (broad SMARTS) is 1. The van der Waals surface area contributed by atoms with Crippen LogP contribution in [-0.2, 0) is 19.4 Å². The second kappa shape index (κ2) is 6.01. The number of rotatable bonds is 6. The van der Waals surface area contributed by atoms with Crippen LogP contribution in [0.15, 0.2) is 24.3 Å². The summed E-state index contributed by atoms with van der Waals surface area (Å²) in [6.45, 7) is 1.27. The molecule has 1 heterocycles. The summed E-state index contributed by atoms with van der Waals surface area (Å²) in [4.78, 5) is 25.0. The molecule has 25 heavy (non-hydrogen) atoms. The van der Waals surface area contributed by atoms with Gasteiger partial charge in [-0.2, -0.15) is 0 Å². The molecule has 1 unspecified atom stereocenters. The van der Waals surface area contributed by atoms with Gasteiger partial charge in [0.2, 0.25) is 0 Å². The Kier molecular flexibility index (Phi) is 4.26. The molecule has 7 nitrogen and oxygen atoms in total. The molecule has 0 radical (unpaired) electrons. The largest absolute Gasteiger partial charge is 0.480 e. The first-order valence-corrected chi connectivity index (χ1v) is 10.0. The fraction of sp³-hybridized carbons (Fsp3) is 0.529. The molecule has 0 aromatic heterocycles. The van der Waals surface area contributed by atoms with Crippen molar-refractivity contribution in [2.75, 3.05) is 17.7 Å². The Hall–Kier alpha value is -2.09. The lowest BCUT2D eigenvalue weighted by atomic mass is 10.0. The van der Waals surface area contributed by atoms with Crippen molar-refractivity contribution in [1.29, 1.82) is 0 Å². The molecule has 0 bridgehead atoms. The number of amides is 1. The van der Waals surface area contributed by atoms with Crippen molar-refractivity contribution in [2.24, 2.45) is 0 Å². The molecule has 8 heteroatoms. The van der Waals surface area contributed by atoms with Crippen molar-refractivity contribution < 1.29 is 27.9 Å². The van der Waals surface area contributed by atoms with Crippen LogP contribution in [0.25, 0.3) is 0 Å². The van der Waals surface area contributed by atoms with Crippen LogP contribution in [-0.4, -0.2) is 49.2 Å². The SMILES string of the molecule is CC(C[C@H]1CN(c2ccc(C3CC3)cc2)C(=O)O1)(C(=O)O)S(C)(=O)=O. The van der Waals surface area contributed by atoms with Gasteiger partial charge in [-0.25, -0.2) is 13.2 Å². The maximum Gasteiger partial charge on any atom is 0.414 e. The van der Waals surface area contributed by atoms with Crippen LogP contribution in [0.3, 0.4) is 0 Å². The zero-order valence-electron chi connectivity index (χ0n) is 14.1. The second-order valence-electron chi connectivity index (χ2n) is 6.99. The molecule has 3 rings (SSSR count). The molecular weight excluding hydrogens is 346 g/mol. The average Bonchev–Trinajstić information content (AvgIpc) is 3.30. The van der Waals surface area contributed by atoms with Gasteiger partial charge in [0, 0.05) is 18.4 Å². The second-order valence-corrected chi connectivity index (χ2v) is 9.44. The van der Waals surface area contributed by atoms with Crippen LogP contribution in [0.4, 0.5) is 10.5 Å². The number of carboxylic acids is 1. The van der Waals surface area contributed by atoms with E-state index in [-0.39, 0.29) is 13.0 Å². The van der Waals surface area contributed by atoms with E-state index in [1.54, 1.807) is 0 Å². The molecule has 1 N–H and O–H groups in total. The van der Waals surface area contributed by atoms with Gasteiger partial charge in [0.05, 0.1) is 6.54 Å². The molecule has 2 atom stereocenters. The van der Waals surface area contributed by atoms with E-state index in [0.717, 1.165) is 13.2 Å². The first-order chi connectivity index (χ1) is 11.6. The number of sulfone groups is 1. The Morgan fingerprint density at radius 2 is 1.92 bits per heavy atom. The molecular formula is C17H21NO6S. The van der Waals surface area contributed by atoms with Gasteiger partial charge in [0.15, 0.2) is 14.6 Å². The molecule has 1 saturated carbocycles. The first kappa shape index (κ1) is 17.7. The van der Waals surface area contributed by atoms with Crippen molar-refractivity contribution in [3.8, 4) is 0 Å². The van der Waals surface area contributed by atoms with Gasteiger partial charge in [0.25, 0.3) is 0 Å². The van der Waals surface area contributed by atoms with E-state index in [9.17, 15) is 23.1 Å². The summed E-state index contributed by atoms with van der Waals surface area (Å²) in [6.07, 6.45) is 1.58. The first-order valence-electron chi connectivity index (χ1n) is 8.13. The highest BCUT2D eigenvalue weighted by molar-refractivity contribution is 7.92. The van der Waals surface area contributed by atoms with Crippen molar-refractivity contribution in [1.82, 2.24) is 0 Å². The van der Waals surface area contributed by atoms with Crippen LogP contribution in [0.1, 0.15) is 37.7 Å². The molecule has 1 aliphatic carbocycles. The van der Waals surface area contributed by atoms with Crippen LogP contribution < -0.4 is 4.90 Å². The number of hydrogen-bond donors (Lipinski definition) is 1. The Bertz CT molecular complexity index is 799. The van der Waals surface area contributed by atoms with Gasteiger partial charge in [-0.1, -0.05) is 12.1 Å². The summed E-state index contributed by atoms with van der Waals surface area (Å²) in [6, 6.07) is 7.63. The fourth-order valence-corrected chi connectivity index (χ4v) is 3.82. The minimum atomic E-state index is -3.87. The third-order valence-electron chi connectivity index (χ3n) is 5.02. The van der Waals surface area contributed by atoms with Gasteiger partial charge in [-0.15, -0.1) is 0 Å². The van der Waals surface area contributed by atoms with Crippen LogP contribution >= 0.6 is 0 Å². The minimum absolute atomic E-state index is 0.125. The molecule has 2 fully saturated rings. The van der Waals surface area contributed by atoms with E-state index in [4.69, 9.17) is 4.74 Å². The Labute approximate surface area is 146 Å². The van der Waals surface area contributed by atoms with E-state index in [0.29, 0.717) is 11.6 Å². The molecule has 1 aliphatic heterocycles. The van der Waals surface area contributed by atoms with Crippen LogP contribution in [0.5, 0.6) is 0 Å². The summed E-state index contributed by atoms with van der Waals surface area (Å²) >= 11 is 0. The van der Waals surface area contributed by atoms with Crippen molar-refractivity contribution in [3.05, 3.63) is 29.8 Å². The van der Waals surface area contributed by atoms with Gasteiger partial charge < -0.3 is 9.84 Å². The third-order valence-corrected chi connectivity index (χ3v) is 6.99. The molecule has 1 aromatic carbocycles. The lowest BCUT2D eigenvalue weighted by Gasteiger charge is -2.24. The number of ether oxygens (including phenoxy) is 1. The minimum Gasteiger partial charge on any atom is -0.480 e. The maximum atomic E-state index is 12.1. The number of cyclic esters (lactones) is 1. The normalized spacial score (nSPS) is 23.2. The molecule has 1 saturated heterocycles. The van der Waals surface area contributed by atoms with E-state index in [2.05, 4.69) is 0 Å². The van der Waals surface area contributed by atoms with Gasteiger partial charge in [0.1, 0.15) is 6.10 Å². The predicted octanol–water partition coefficient (Wildman–Crippen LogP) is 2.17. The molecule has 2 aliphatic rings. The van der Waals surface area contributed by atoms with Crippen LogP contribution in [0, 0.1) is 0 Å². The van der Waals surface area contributed by atoms with Crippen molar-refractivity contribution in [3.63, 3.8) is 0 Å².